The highest BCUT2D eigenvalue weighted by Crippen LogP contribution is 2.40. The Labute approximate surface area is 207 Å². The van der Waals surface area contributed by atoms with Crippen molar-refractivity contribution < 1.29 is 9.18 Å². The number of hydrogen-bond donors (Lipinski definition) is 4. The number of hydrogen-bond acceptors (Lipinski definition) is 7. The maximum atomic E-state index is 14.3. The molecule has 0 amide bonds. The Balaban J connectivity index is 1.42. The molecule has 6 N–H and O–H groups in total. The molecule has 3 aliphatic rings. The molecule has 35 heavy (non-hydrogen) atoms. The largest absolute Gasteiger partial charge is 0.404 e. The quantitative estimate of drug-likeness (QED) is 0.425. The Kier molecular flexibility index (Phi) is 7.50. The standard InChI is InChI=1S/C27H37FN6O/c1-17(30)10-21(14-29)20-11-18(12-22(28)13-20)15-31-16-24(35)25-26-23(8-9-32-25)33(2)27(34(26)3)19-6-4-5-7-19/h8-14,19,25,27,31-32H,4-7,15-16,29-30H2,1-3H3/b17-10-,21-14+. The van der Waals surface area contributed by atoms with E-state index in [4.69, 9.17) is 11.5 Å². The minimum absolute atomic E-state index is 0.0510. The van der Waals surface area contributed by atoms with Crippen LogP contribution in [0.25, 0.3) is 5.57 Å². The van der Waals surface area contributed by atoms with Crippen LogP contribution in [-0.4, -0.2) is 48.4 Å². The average molecular weight is 481 g/mol. The number of nitrogens with zero attached hydrogens (tertiary/aromatic N) is 2. The number of carbonyl (C=O) groups is 1. The number of nitrogens with two attached hydrogens (primary N) is 2. The van der Waals surface area contributed by atoms with Crippen molar-refractivity contribution >= 4 is 11.4 Å². The second-order valence-corrected chi connectivity index (χ2v) is 9.81. The predicted octanol–water partition coefficient (Wildman–Crippen LogP) is 2.74. The SMILES string of the molecule is C/C(N)=C/C(=C\N)c1cc(F)cc(CNCC(=O)C2NC=CC3=C2N(C)C(C2CCCC2)N3C)c1. The zero-order valence-corrected chi connectivity index (χ0v) is 20.9. The van der Waals surface area contributed by atoms with Crippen LogP contribution in [0.1, 0.15) is 43.7 Å². The lowest BCUT2D eigenvalue weighted by Gasteiger charge is -2.35. The van der Waals surface area contributed by atoms with Crippen molar-refractivity contribution in [3.05, 3.63) is 76.8 Å². The number of rotatable bonds is 8. The fourth-order valence-corrected chi connectivity index (χ4v) is 5.72. The minimum Gasteiger partial charge on any atom is -0.404 e. The number of benzene rings is 1. The van der Waals surface area contributed by atoms with E-state index in [1.165, 1.54) is 44.0 Å². The molecule has 1 aliphatic carbocycles. The Bertz CT molecular complexity index is 1080. The van der Waals surface area contributed by atoms with E-state index in [1.807, 2.05) is 12.3 Å². The van der Waals surface area contributed by atoms with Crippen LogP contribution < -0.4 is 22.1 Å². The van der Waals surface area contributed by atoms with E-state index in [0.29, 0.717) is 29.3 Å². The topological polar surface area (TPSA) is 99.6 Å². The summed E-state index contributed by atoms with van der Waals surface area (Å²) in [5.41, 5.74) is 16.2. The first-order valence-electron chi connectivity index (χ1n) is 12.3. The number of Topliss-reactive ketones (excluding diaryl/α,β-unsaturated/α-hetero) is 1. The molecule has 1 aromatic rings. The van der Waals surface area contributed by atoms with Crippen molar-refractivity contribution in [1.82, 2.24) is 20.4 Å². The molecule has 0 saturated heterocycles. The Hall–Kier alpha value is -3.26. The van der Waals surface area contributed by atoms with E-state index >= 15 is 0 Å². The first-order chi connectivity index (χ1) is 16.8. The molecule has 8 heteroatoms. The zero-order valence-electron chi connectivity index (χ0n) is 20.9. The van der Waals surface area contributed by atoms with E-state index in [1.54, 1.807) is 13.0 Å². The molecule has 2 aliphatic heterocycles. The van der Waals surface area contributed by atoms with E-state index in [-0.39, 0.29) is 24.3 Å². The van der Waals surface area contributed by atoms with Gasteiger partial charge in [-0.05, 0) is 78.9 Å². The molecule has 2 atom stereocenters. The van der Waals surface area contributed by atoms with Crippen LogP contribution in [-0.2, 0) is 11.3 Å². The van der Waals surface area contributed by atoms with Crippen LogP contribution in [0.3, 0.4) is 0 Å². The summed E-state index contributed by atoms with van der Waals surface area (Å²) in [7, 11) is 4.23. The maximum absolute atomic E-state index is 14.3. The summed E-state index contributed by atoms with van der Waals surface area (Å²) in [6, 6.07) is 4.33. The third-order valence-electron chi connectivity index (χ3n) is 7.22. The number of ketones is 1. The van der Waals surface area contributed by atoms with Gasteiger partial charge in [0.1, 0.15) is 18.0 Å². The summed E-state index contributed by atoms with van der Waals surface area (Å²) in [6.45, 7) is 2.28. The maximum Gasteiger partial charge on any atom is 0.174 e. The second kappa shape index (κ2) is 10.6. The summed E-state index contributed by atoms with van der Waals surface area (Å²) in [5, 5.41) is 6.46. The van der Waals surface area contributed by atoms with Crippen LogP contribution >= 0.6 is 0 Å². The number of carbonyl (C=O) groups excluding carboxylic acids is 1. The number of likely N-dealkylation sites (N-methyl/N-ethyl adjacent to an activating group) is 2. The Morgan fingerprint density at radius 2 is 1.97 bits per heavy atom. The second-order valence-electron chi connectivity index (χ2n) is 9.81. The highest BCUT2D eigenvalue weighted by atomic mass is 19.1. The van der Waals surface area contributed by atoms with Crippen molar-refractivity contribution in [2.75, 3.05) is 20.6 Å². The van der Waals surface area contributed by atoms with Crippen molar-refractivity contribution in [2.45, 2.75) is 51.4 Å². The number of dihydropyridines is 1. The van der Waals surface area contributed by atoms with Crippen LogP contribution in [0.4, 0.5) is 4.39 Å². The number of allylic oxidation sites excluding steroid dienone is 4. The average Bonchev–Trinajstić information content (AvgIpc) is 3.43. The predicted molar refractivity (Wildman–Crippen MR) is 138 cm³/mol. The molecule has 0 aromatic heterocycles. The molecule has 188 valence electrons. The van der Waals surface area contributed by atoms with Crippen molar-refractivity contribution in [2.24, 2.45) is 17.4 Å². The minimum atomic E-state index is -0.408. The molecule has 4 rings (SSSR count). The van der Waals surface area contributed by atoms with Crippen LogP contribution in [0, 0.1) is 11.7 Å². The fraction of sp³-hybridized carbons (Fsp3) is 0.444. The summed E-state index contributed by atoms with van der Waals surface area (Å²) >= 11 is 0. The van der Waals surface area contributed by atoms with Gasteiger partial charge >= 0.3 is 0 Å². The summed E-state index contributed by atoms with van der Waals surface area (Å²) in [5.74, 6) is 0.302. The van der Waals surface area contributed by atoms with Gasteiger partial charge in [0, 0.05) is 32.5 Å². The normalized spacial score (nSPS) is 23.2. The number of halogens is 1. The third kappa shape index (κ3) is 5.22. The molecular weight excluding hydrogens is 443 g/mol. The summed E-state index contributed by atoms with van der Waals surface area (Å²) in [6.07, 6.45) is 12.4. The van der Waals surface area contributed by atoms with Crippen LogP contribution in [0.5, 0.6) is 0 Å². The molecule has 1 aromatic carbocycles. The molecular formula is C27H37FN6O. The Morgan fingerprint density at radius 1 is 1.23 bits per heavy atom. The monoisotopic (exact) mass is 480 g/mol. The van der Waals surface area contributed by atoms with Gasteiger partial charge in [0.2, 0.25) is 0 Å². The van der Waals surface area contributed by atoms with Gasteiger partial charge in [0.05, 0.1) is 17.9 Å². The van der Waals surface area contributed by atoms with Gasteiger partial charge in [-0.15, -0.1) is 0 Å². The van der Waals surface area contributed by atoms with E-state index in [9.17, 15) is 9.18 Å². The molecule has 1 fully saturated rings. The first kappa shape index (κ1) is 24.9. The first-order valence-corrected chi connectivity index (χ1v) is 12.3. The zero-order chi connectivity index (χ0) is 25.1. The fourth-order valence-electron chi connectivity index (χ4n) is 5.72. The van der Waals surface area contributed by atoms with Gasteiger partial charge < -0.3 is 31.9 Å². The molecule has 0 bridgehead atoms. The smallest absolute Gasteiger partial charge is 0.174 e. The Morgan fingerprint density at radius 3 is 2.66 bits per heavy atom. The van der Waals surface area contributed by atoms with Gasteiger partial charge in [0.25, 0.3) is 0 Å². The third-order valence-corrected chi connectivity index (χ3v) is 7.22. The molecule has 1 saturated carbocycles. The van der Waals surface area contributed by atoms with Gasteiger partial charge in [-0.25, -0.2) is 4.39 Å². The molecule has 0 radical (unpaired) electrons. The van der Waals surface area contributed by atoms with E-state index in [0.717, 1.165) is 17.0 Å². The lowest BCUT2D eigenvalue weighted by atomic mass is 10.0. The highest BCUT2D eigenvalue weighted by molar-refractivity contribution is 5.89. The molecule has 7 nitrogen and oxygen atoms in total. The van der Waals surface area contributed by atoms with E-state index < -0.39 is 6.04 Å². The van der Waals surface area contributed by atoms with Crippen LogP contribution in [0.15, 0.2) is 59.8 Å². The number of nitrogens with one attached hydrogen (secondary N) is 2. The summed E-state index contributed by atoms with van der Waals surface area (Å²) in [4.78, 5) is 17.9. The van der Waals surface area contributed by atoms with Crippen molar-refractivity contribution in [3.8, 4) is 0 Å². The van der Waals surface area contributed by atoms with Gasteiger partial charge in [0.15, 0.2) is 5.78 Å². The lowest BCUT2D eigenvalue weighted by molar-refractivity contribution is -0.119. The summed E-state index contributed by atoms with van der Waals surface area (Å²) < 4.78 is 14.3. The van der Waals surface area contributed by atoms with E-state index in [2.05, 4.69) is 40.6 Å². The lowest BCUT2D eigenvalue weighted by Crippen LogP contribution is -2.47. The van der Waals surface area contributed by atoms with Gasteiger partial charge in [-0.1, -0.05) is 12.8 Å². The molecule has 2 heterocycles. The van der Waals surface area contributed by atoms with Gasteiger partial charge in [-0.2, -0.15) is 0 Å². The van der Waals surface area contributed by atoms with Crippen LogP contribution in [0.2, 0.25) is 0 Å². The highest BCUT2D eigenvalue weighted by Gasteiger charge is 2.43. The van der Waals surface area contributed by atoms with Gasteiger partial charge in [-0.3, -0.25) is 4.79 Å². The molecule has 2 unspecified atom stereocenters. The van der Waals surface area contributed by atoms with Crippen molar-refractivity contribution in [3.63, 3.8) is 0 Å². The van der Waals surface area contributed by atoms with Crippen molar-refractivity contribution in [1.29, 1.82) is 0 Å². The molecule has 0 spiro atoms.